The first-order valence-corrected chi connectivity index (χ1v) is 8.06. The van der Waals surface area contributed by atoms with E-state index in [0.717, 1.165) is 18.5 Å². The van der Waals surface area contributed by atoms with Gasteiger partial charge >= 0.3 is 0 Å². The van der Waals surface area contributed by atoms with Crippen molar-refractivity contribution in [2.24, 2.45) is 0 Å². The molecule has 3 rings (SSSR count). The number of rotatable bonds is 5. The molecule has 1 aliphatic heterocycles. The number of carbonyl (C=O) groups excluding carboxylic acids is 1. The van der Waals surface area contributed by atoms with Crippen LogP contribution in [-0.2, 0) is 4.79 Å². The van der Waals surface area contributed by atoms with Crippen molar-refractivity contribution in [3.8, 4) is 17.6 Å². The zero-order chi connectivity index (χ0) is 17.8. The van der Waals surface area contributed by atoms with E-state index in [-0.39, 0.29) is 18.6 Å². The van der Waals surface area contributed by atoms with Gasteiger partial charge in [0.25, 0.3) is 5.91 Å². The number of methoxy groups -OCH3 is 1. The smallest absolute Gasteiger partial charge is 0.261 e. The lowest BCUT2D eigenvalue weighted by Crippen LogP contribution is -2.34. The molecule has 1 amide bonds. The molecule has 1 saturated heterocycles. The third-order valence-electron chi connectivity index (χ3n) is 4.19. The minimum Gasteiger partial charge on any atom is -0.493 e. The number of aryl methyl sites for hydroxylation is 1. The Morgan fingerprint density at radius 3 is 2.96 bits per heavy atom. The number of hydrogen-bond acceptors (Lipinski definition) is 6. The van der Waals surface area contributed by atoms with E-state index in [0.29, 0.717) is 29.4 Å². The Hall–Kier alpha value is -3.01. The highest BCUT2D eigenvalue weighted by Gasteiger charge is 2.32. The van der Waals surface area contributed by atoms with Crippen LogP contribution in [-0.4, -0.2) is 36.2 Å². The number of benzene rings is 1. The molecule has 0 spiro atoms. The van der Waals surface area contributed by atoms with E-state index in [1.165, 1.54) is 7.11 Å². The molecular weight excluding hydrogens is 322 g/mol. The molecule has 2 heterocycles. The van der Waals surface area contributed by atoms with Crippen LogP contribution in [0.5, 0.6) is 11.5 Å². The van der Waals surface area contributed by atoms with Crippen molar-refractivity contribution in [3.05, 3.63) is 41.3 Å². The second-order valence-corrected chi connectivity index (χ2v) is 5.88. The predicted molar refractivity (Wildman–Crippen MR) is 88.1 cm³/mol. The van der Waals surface area contributed by atoms with E-state index in [1.807, 2.05) is 19.1 Å². The molecule has 1 atom stereocenters. The topological polar surface area (TPSA) is 88.6 Å². The molecule has 2 aromatic rings. The average Bonchev–Trinajstić information content (AvgIpc) is 3.28. The molecule has 0 N–H and O–H groups in total. The maximum Gasteiger partial charge on any atom is 0.261 e. The zero-order valence-corrected chi connectivity index (χ0v) is 14.2. The van der Waals surface area contributed by atoms with Crippen molar-refractivity contribution < 1.29 is 18.8 Å². The van der Waals surface area contributed by atoms with Gasteiger partial charge in [-0.3, -0.25) is 4.79 Å². The number of ether oxygens (including phenoxy) is 2. The molecular formula is C18H19N3O4. The SMILES string of the molecule is COc1cc(C#N)ccc1OCC(=O)N1CCC[C@H]1c1cc(C)no1. The van der Waals surface area contributed by atoms with Crippen LogP contribution in [0, 0.1) is 18.3 Å². The molecule has 1 aromatic carbocycles. The minimum atomic E-state index is -0.122. The van der Waals surface area contributed by atoms with Crippen molar-refractivity contribution in [1.29, 1.82) is 5.26 Å². The van der Waals surface area contributed by atoms with Gasteiger partial charge in [-0.05, 0) is 31.9 Å². The number of amides is 1. The fourth-order valence-corrected chi connectivity index (χ4v) is 2.98. The summed E-state index contributed by atoms with van der Waals surface area (Å²) >= 11 is 0. The van der Waals surface area contributed by atoms with Gasteiger partial charge in [0.05, 0.1) is 30.5 Å². The first-order valence-electron chi connectivity index (χ1n) is 8.06. The first kappa shape index (κ1) is 16.8. The van der Waals surface area contributed by atoms with Crippen LogP contribution in [0.4, 0.5) is 0 Å². The fourth-order valence-electron chi connectivity index (χ4n) is 2.98. The molecule has 0 bridgehead atoms. The van der Waals surface area contributed by atoms with Gasteiger partial charge in [0, 0.05) is 18.7 Å². The van der Waals surface area contributed by atoms with Crippen molar-refractivity contribution in [2.75, 3.05) is 20.3 Å². The Morgan fingerprint density at radius 1 is 1.44 bits per heavy atom. The highest BCUT2D eigenvalue weighted by molar-refractivity contribution is 5.78. The van der Waals surface area contributed by atoms with Crippen molar-refractivity contribution in [2.45, 2.75) is 25.8 Å². The third-order valence-corrected chi connectivity index (χ3v) is 4.19. The van der Waals surface area contributed by atoms with Gasteiger partial charge in [0.2, 0.25) is 0 Å². The third kappa shape index (κ3) is 3.58. The fraction of sp³-hybridized carbons (Fsp3) is 0.389. The molecule has 0 unspecified atom stereocenters. The van der Waals surface area contributed by atoms with Gasteiger partial charge in [0.15, 0.2) is 23.9 Å². The monoisotopic (exact) mass is 341 g/mol. The Morgan fingerprint density at radius 2 is 2.28 bits per heavy atom. The quantitative estimate of drug-likeness (QED) is 0.830. The standard InChI is InChI=1S/C18H19N3O4/c1-12-8-16(25-20-12)14-4-3-7-21(14)18(22)11-24-15-6-5-13(10-19)9-17(15)23-2/h5-6,8-9,14H,3-4,7,11H2,1-2H3/t14-/m0/s1. The molecule has 130 valence electrons. The summed E-state index contributed by atoms with van der Waals surface area (Å²) in [5.41, 5.74) is 1.27. The number of hydrogen-bond donors (Lipinski definition) is 0. The molecule has 7 nitrogen and oxygen atoms in total. The largest absolute Gasteiger partial charge is 0.493 e. The zero-order valence-electron chi connectivity index (χ0n) is 14.2. The van der Waals surface area contributed by atoms with Gasteiger partial charge in [-0.25, -0.2) is 0 Å². The molecule has 0 aliphatic carbocycles. The molecule has 7 heteroatoms. The van der Waals surface area contributed by atoms with E-state index in [9.17, 15) is 4.79 Å². The molecule has 1 fully saturated rings. The molecule has 25 heavy (non-hydrogen) atoms. The van der Waals surface area contributed by atoms with Crippen LogP contribution < -0.4 is 9.47 Å². The predicted octanol–water partition coefficient (Wildman–Crippen LogP) is 2.61. The van der Waals surface area contributed by atoms with E-state index < -0.39 is 0 Å². The second-order valence-electron chi connectivity index (χ2n) is 5.88. The van der Waals surface area contributed by atoms with Crippen LogP contribution in [0.25, 0.3) is 0 Å². The minimum absolute atomic E-state index is 0.0971. The van der Waals surface area contributed by atoms with Crippen molar-refractivity contribution >= 4 is 5.91 Å². The number of nitrogens with zero attached hydrogens (tertiary/aromatic N) is 3. The molecule has 1 aliphatic rings. The summed E-state index contributed by atoms with van der Waals surface area (Å²) < 4.78 is 16.2. The summed E-state index contributed by atoms with van der Waals surface area (Å²) in [4.78, 5) is 14.3. The van der Waals surface area contributed by atoms with E-state index in [4.69, 9.17) is 19.3 Å². The van der Waals surface area contributed by atoms with E-state index >= 15 is 0 Å². The average molecular weight is 341 g/mol. The maximum absolute atomic E-state index is 12.6. The lowest BCUT2D eigenvalue weighted by Gasteiger charge is -2.23. The highest BCUT2D eigenvalue weighted by atomic mass is 16.5. The van der Waals surface area contributed by atoms with Gasteiger partial charge in [-0.15, -0.1) is 0 Å². The van der Waals surface area contributed by atoms with E-state index in [2.05, 4.69) is 5.16 Å². The van der Waals surface area contributed by atoms with Gasteiger partial charge in [0.1, 0.15) is 0 Å². The maximum atomic E-state index is 12.6. The number of nitriles is 1. The molecule has 0 saturated carbocycles. The van der Waals surface area contributed by atoms with Crippen LogP contribution in [0.2, 0.25) is 0 Å². The van der Waals surface area contributed by atoms with Crippen LogP contribution >= 0.6 is 0 Å². The normalized spacial score (nSPS) is 16.5. The Labute approximate surface area is 145 Å². The van der Waals surface area contributed by atoms with Gasteiger partial charge in [-0.1, -0.05) is 5.16 Å². The van der Waals surface area contributed by atoms with Crippen molar-refractivity contribution in [3.63, 3.8) is 0 Å². The summed E-state index contributed by atoms with van der Waals surface area (Å²) in [6, 6.07) is 8.64. The summed E-state index contributed by atoms with van der Waals surface area (Å²) in [5.74, 6) is 1.44. The summed E-state index contributed by atoms with van der Waals surface area (Å²) in [7, 11) is 1.49. The van der Waals surface area contributed by atoms with Crippen molar-refractivity contribution in [1.82, 2.24) is 10.1 Å². The van der Waals surface area contributed by atoms with Crippen LogP contribution in [0.3, 0.4) is 0 Å². The number of aromatic nitrogens is 1. The second kappa shape index (κ2) is 7.26. The lowest BCUT2D eigenvalue weighted by atomic mass is 10.1. The summed E-state index contributed by atoms with van der Waals surface area (Å²) in [5, 5.41) is 12.8. The first-order chi connectivity index (χ1) is 12.1. The highest BCUT2D eigenvalue weighted by Crippen LogP contribution is 2.33. The number of likely N-dealkylation sites (tertiary alicyclic amines) is 1. The molecule has 0 radical (unpaired) electrons. The van der Waals surface area contributed by atoms with Crippen LogP contribution in [0.1, 0.15) is 35.9 Å². The van der Waals surface area contributed by atoms with Gasteiger partial charge in [-0.2, -0.15) is 5.26 Å². The molecule has 1 aromatic heterocycles. The number of carbonyl (C=O) groups is 1. The Balaban J connectivity index is 1.67. The summed E-state index contributed by atoms with van der Waals surface area (Å²) in [6.07, 6.45) is 1.76. The summed E-state index contributed by atoms with van der Waals surface area (Å²) in [6.45, 7) is 2.41. The Bertz CT molecular complexity index is 809. The van der Waals surface area contributed by atoms with Crippen LogP contribution in [0.15, 0.2) is 28.8 Å². The van der Waals surface area contributed by atoms with E-state index in [1.54, 1.807) is 23.1 Å². The van der Waals surface area contributed by atoms with Gasteiger partial charge < -0.3 is 18.9 Å². The lowest BCUT2D eigenvalue weighted by molar-refractivity contribution is -0.134. The Kier molecular flexibility index (Phi) is 4.89.